The highest BCUT2D eigenvalue weighted by Crippen LogP contribution is 2.18. The zero-order valence-electron chi connectivity index (χ0n) is 11.8. The first kappa shape index (κ1) is 15.3. The van der Waals surface area contributed by atoms with Gasteiger partial charge in [-0.2, -0.15) is 0 Å². The first-order chi connectivity index (χ1) is 10.1. The maximum atomic E-state index is 13.8. The van der Waals surface area contributed by atoms with E-state index >= 15 is 0 Å². The lowest BCUT2D eigenvalue weighted by Gasteiger charge is -2.02. The number of carbonyl (C=O) groups is 1. The van der Waals surface area contributed by atoms with E-state index in [4.69, 9.17) is 4.74 Å². The fourth-order valence-corrected chi connectivity index (χ4v) is 2.21. The van der Waals surface area contributed by atoms with E-state index in [2.05, 4.69) is 0 Å². The Hall–Kier alpha value is -2.07. The summed E-state index contributed by atoms with van der Waals surface area (Å²) < 4.78 is 18.7. The molecule has 4 heteroatoms. The van der Waals surface area contributed by atoms with Crippen LogP contribution < -0.4 is 4.74 Å². The summed E-state index contributed by atoms with van der Waals surface area (Å²) >= 11 is 1.65. The third-order valence-electron chi connectivity index (χ3n) is 2.98. The predicted molar refractivity (Wildman–Crippen MR) is 84.5 cm³/mol. The SMILES string of the molecule is COc1ccc(C(=O)/C=C/c2ccc(SC)cc2)c(F)c1. The van der Waals surface area contributed by atoms with Crippen LogP contribution in [0.1, 0.15) is 15.9 Å². The van der Waals surface area contributed by atoms with Crippen molar-refractivity contribution < 1.29 is 13.9 Å². The molecule has 0 radical (unpaired) electrons. The van der Waals surface area contributed by atoms with Crippen LogP contribution >= 0.6 is 11.8 Å². The summed E-state index contributed by atoms with van der Waals surface area (Å²) in [5.41, 5.74) is 0.933. The standard InChI is InChI=1S/C17H15FO2S/c1-20-13-6-9-15(16(18)11-13)17(19)10-5-12-3-7-14(21-2)8-4-12/h3-11H,1-2H3/b10-5+. The smallest absolute Gasteiger partial charge is 0.188 e. The second-order valence-electron chi connectivity index (χ2n) is 4.32. The van der Waals surface area contributed by atoms with Crippen molar-refractivity contribution in [2.75, 3.05) is 13.4 Å². The van der Waals surface area contributed by atoms with Gasteiger partial charge in [-0.05, 0) is 42.2 Å². The molecule has 0 aliphatic carbocycles. The highest BCUT2D eigenvalue weighted by atomic mass is 32.2. The third kappa shape index (κ3) is 3.95. The van der Waals surface area contributed by atoms with Crippen molar-refractivity contribution in [3.05, 3.63) is 65.5 Å². The molecule has 0 aromatic heterocycles. The molecule has 0 saturated carbocycles. The summed E-state index contributed by atoms with van der Waals surface area (Å²) in [5.74, 6) is -0.563. The molecule has 108 valence electrons. The molecule has 0 atom stereocenters. The number of hydrogen-bond donors (Lipinski definition) is 0. The second kappa shape index (κ2) is 7.09. The highest BCUT2D eigenvalue weighted by Gasteiger charge is 2.09. The first-order valence-corrected chi connectivity index (χ1v) is 7.56. The van der Waals surface area contributed by atoms with Gasteiger partial charge in [0.2, 0.25) is 0 Å². The zero-order valence-corrected chi connectivity index (χ0v) is 12.6. The lowest BCUT2D eigenvalue weighted by atomic mass is 10.1. The largest absolute Gasteiger partial charge is 0.497 e. The zero-order chi connectivity index (χ0) is 15.2. The number of ether oxygens (including phenoxy) is 1. The monoisotopic (exact) mass is 302 g/mol. The molecule has 2 aromatic rings. The lowest BCUT2D eigenvalue weighted by Crippen LogP contribution is -1.99. The number of halogens is 1. The van der Waals surface area contributed by atoms with Gasteiger partial charge in [0, 0.05) is 11.0 Å². The number of ketones is 1. The van der Waals surface area contributed by atoms with E-state index in [0.717, 1.165) is 10.5 Å². The van der Waals surface area contributed by atoms with E-state index in [9.17, 15) is 9.18 Å². The molecular formula is C17H15FO2S. The number of allylic oxidation sites excluding steroid dienone is 1. The van der Waals surface area contributed by atoms with Gasteiger partial charge in [0.25, 0.3) is 0 Å². The molecule has 2 rings (SSSR count). The Morgan fingerprint density at radius 2 is 1.90 bits per heavy atom. The Morgan fingerprint density at radius 1 is 1.19 bits per heavy atom. The molecule has 0 fully saturated rings. The van der Waals surface area contributed by atoms with Gasteiger partial charge < -0.3 is 4.74 Å². The van der Waals surface area contributed by atoms with E-state index in [1.165, 1.54) is 25.3 Å². The summed E-state index contributed by atoms with van der Waals surface area (Å²) in [7, 11) is 1.45. The molecule has 2 nitrogen and oxygen atoms in total. The minimum atomic E-state index is -0.582. The average Bonchev–Trinajstić information content (AvgIpc) is 2.52. The van der Waals surface area contributed by atoms with Crippen LogP contribution in [0.15, 0.2) is 53.4 Å². The van der Waals surface area contributed by atoms with E-state index in [0.29, 0.717) is 5.75 Å². The summed E-state index contributed by atoms with van der Waals surface area (Å²) in [6, 6.07) is 12.0. The number of benzene rings is 2. The number of carbonyl (C=O) groups excluding carboxylic acids is 1. The van der Waals surface area contributed by atoms with E-state index in [1.807, 2.05) is 30.5 Å². The van der Waals surface area contributed by atoms with Crippen molar-refractivity contribution in [3.63, 3.8) is 0 Å². The normalized spacial score (nSPS) is 10.8. The van der Waals surface area contributed by atoms with Crippen LogP contribution in [0.3, 0.4) is 0 Å². The van der Waals surface area contributed by atoms with Crippen molar-refractivity contribution in [3.8, 4) is 5.75 Å². The molecule has 0 heterocycles. The summed E-state index contributed by atoms with van der Waals surface area (Å²) in [4.78, 5) is 13.1. The van der Waals surface area contributed by atoms with Gasteiger partial charge in [-0.1, -0.05) is 18.2 Å². The maximum absolute atomic E-state index is 13.8. The molecule has 0 bridgehead atoms. The second-order valence-corrected chi connectivity index (χ2v) is 5.20. The van der Waals surface area contributed by atoms with Crippen molar-refractivity contribution in [1.29, 1.82) is 0 Å². The van der Waals surface area contributed by atoms with Crippen LogP contribution in [-0.4, -0.2) is 19.1 Å². The van der Waals surface area contributed by atoms with Gasteiger partial charge in [0.05, 0.1) is 12.7 Å². The molecule has 0 N–H and O–H groups in total. The lowest BCUT2D eigenvalue weighted by molar-refractivity contribution is 0.104. The summed E-state index contributed by atoms with van der Waals surface area (Å²) in [6.45, 7) is 0. The van der Waals surface area contributed by atoms with Gasteiger partial charge in [0.1, 0.15) is 11.6 Å². The third-order valence-corrected chi connectivity index (χ3v) is 3.73. The fraction of sp³-hybridized carbons (Fsp3) is 0.118. The van der Waals surface area contributed by atoms with Crippen LogP contribution in [0.4, 0.5) is 4.39 Å². The van der Waals surface area contributed by atoms with Crippen molar-refractivity contribution in [2.45, 2.75) is 4.90 Å². The average molecular weight is 302 g/mol. The predicted octanol–water partition coefficient (Wildman–Crippen LogP) is 4.45. The van der Waals surface area contributed by atoms with E-state index < -0.39 is 5.82 Å². The van der Waals surface area contributed by atoms with Gasteiger partial charge in [-0.25, -0.2) is 4.39 Å². The van der Waals surface area contributed by atoms with Gasteiger partial charge in [-0.3, -0.25) is 4.79 Å². The van der Waals surface area contributed by atoms with Crippen LogP contribution in [0.25, 0.3) is 6.08 Å². The molecule has 0 amide bonds. The van der Waals surface area contributed by atoms with Gasteiger partial charge >= 0.3 is 0 Å². The molecular weight excluding hydrogens is 287 g/mol. The molecule has 0 saturated heterocycles. The molecule has 0 aliphatic rings. The first-order valence-electron chi connectivity index (χ1n) is 6.34. The minimum Gasteiger partial charge on any atom is -0.497 e. The Balaban J connectivity index is 2.14. The quantitative estimate of drug-likeness (QED) is 0.463. The fourth-order valence-electron chi connectivity index (χ4n) is 1.80. The Bertz CT molecular complexity index is 663. The minimum absolute atomic E-state index is 0.0350. The topological polar surface area (TPSA) is 26.3 Å². The maximum Gasteiger partial charge on any atom is 0.188 e. The number of methoxy groups -OCH3 is 1. The van der Waals surface area contributed by atoms with Crippen LogP contribution in [0.2, 0.25) is 0 Å². The highest BCUT2D eigenvalue weighted by molar-refractivity contribution is 7.98. The van der Waals surface area contributed by atoms with Crippen molar-refractivity contribution >= 4 is 23.6 Å². The van der Waals surface area contributed by atoms with Crippen molar-refractivity contribution in [1.82, 2.24) is 0 Å². The molecule has 21 heavy (non-hydrogen) atoms. The summed E-state index contributed by atoms with van der Waals surface area (Å²) in [6.07, 6.45) is 5.05. The Kier molecular flexibility index (Phi) is 5.17. The summed E-state index contributed by atoms with van der Waals surface area (Å²) in [5, 5.41) is 0. The molecule has 0 spiro atoms. The van der Waals surface area contributed by atoms with Crippen molar-refractivity contribution in [2.24, 2.45) is 0 Å². The van der Waals surface area contributed by atoms with Gasteiger partial charge in [-0.15, -0.1) is 11.8 Å². The van der Waals surface area contributed by atoms with Crippen LogP contribution in [0.5, 0.6) is 5.75 Å². The molecule has 2 aromatic carbocycles. The number of hydrogen-bond acceptors (Lipinski definition) is 3. The number of thioether (sulfide) groups is 1. The van der Waals surface area contributed by atoms with E-state index in [1.54, 1.807) is 23.9 Å². The number of rotatable bonds is 5. The molecule has 0 aliphatic heterocycles. The van der Waals surface area contributed by atoms with E-state index in [-0.39, 0.29) is 11.3 Å². The van der Waals surface area contributed by atoms with Crippen LogP contribution in [-0.2, 0) is 0 Å². The Labute approximate surface area is 127 Å². The van der Waals surface area contributed by atoms with Crippen LogP contribution in [0, 0.1) is 5.82 Å². The molecule has 0 unspecified atom stereocenters. The Morgan fingerprint density at radius 3 is 2.48 bits per heavy atom. The van der Waals surface area contributed by atoms with Gasteiger partial charge in [0.15, 0.2) is 5.78 Å².